The van der Waals surface area contributed by atoms with Crippen LogP contribution >= 0.6 is 0 Å². The highest BCUT2D eigenvalue weighted by Crippen LogP contribution is 2.15. The van der Waals surface area contributed by atoms with Crippen molar-refractivity contribution in [2.45, 2.75) is 64.6 Å². The number of hydrogen-bond acceptors (Lipinski definition) is 4. The van der Waals surface area contributed by atoms with E-state index in [9.17, 15) is 8.42 Å². The Hall–Kier alpha value is -0.850. The maximum absolute atomic E-state index is 12.2. The van der Waals surface area contributed by atoms with E-state index in [1.165, 1.54) is 6.07 Å². The minimum atomic E-state index is -3.56. The summed E-state index contributed by atoms with van der Waals surface area (Å²) in [4.78, 5) is 0. The molecule has 0 bridgehead atoms. The van der Waals surface area contributed by atoms with Gasteiger partial charge < -0.3 is 9.73 Å². The summed E-state index contributed by atoms with van der Waals surface area (Å²) in [7, 11) is -3.56. The predicted molar refractivity (Wildman–Crippen MR) is 84.6 cm³/mol. The summed E-state index contributed by atoms with van der Waals surface area (Å²) in [5.41, 5.74) is 0. The summed E-state index contributed by atoms with van der Waals surface area (Å²) in [6.45, 7) is 9.57. The van der Waals surface area contributed by atoms with E-state index in [0.717, 1.165) is 25.8 Å². The van der Waals surface area contributed by atoms with Gasteiger partial charge >= 0.3 is 0 Å². The molecule has 1 aromatic heterocycles. The highest BCUT2D eigenvalue weighted by atomic mass is 32.2. The molecule has 1 heterocycles. The molecule has 1 aromatic rings. The highest BCUT2D eigenvalue weighted by molar-refractivity contribution is 7.89. The lowest BCUT2D eigenvalue weighted by Crippen LogP contribution is -2.32. The van der Waals surface area contributed by atoms with Crippen LogP contribution in [-0.2, 0) is 16.6 Å². The van der Waals surface area contributed by atoms with Crippen LogP contribution in [0.2, 0.25) is 0 Å². The molecule has 0 amide bonds. The number of nitrogens with one attached hydrogen (secondary N) is 2. The van der Waals surface area contributed by atoms with Crippen LogP contribution in [0.15, 0.2) is 21.6 Å². The molecule has 0 saturated heterocycles. The Labute approximate surface area is 128 Å². The van der Waals surface area contributed by atoms with Crippen LogP contribution in [0.4, 0.5) is 0 Å². The molecule has 1 unspecified atom stereocenters. The monoisotopic (exact) mass is 316 g/mol. The third-order valence-corrected chi connectivity index (χ3v) is 4.69. The molecule has 0 aliphatic carbocycles. The zero-order valence-electron chi connectivity index (χ0n) is 13.5. The molecule has 5 nitrogen and oxygen atoms in total. The molecule has 0 saturated carbocycles. The van der Waals surface area contributed by atoms with Gasteiger partial charge in [0.25, 0.3) is 10.0 Å². The first-order valence-corrected chi connectivity index (χ1v) is 9.15. The lowest BCUT2D eigenvalue weighted by molar-refractivity contribution is 0.398. The summed E-state index contributed by atoms with van der Waals surface area (Å²) in [6, 6.07) is 3.12. The molecule has 122 valence electrons. The van der Waals surface area contributed by atoms with Gasteiger partial charge in [-0.3, -0.25) is 0 Å². The van der Waals surface area contributed by atoms with Gasteiger partial charge in [0, 0.05) is 6.04 Å². The van der Waals surface area contributed by atoms with E-state index in [4.69, 9.17) is 4.42 Å². The number of sulfonamides is 1. The molecule has 2 N–H and O–H groups in total. The van der Waals surface area contributed by atoms with E-state index in [2.05, 4.69) is 23.9 Å². The van der Waals surface area contributed by atoms with Crippen molar-refractivity contribution in [2.75, 3.05) is 6.54 Å². The first-order valence-electron chi connectivity index (χ1n) is 7.67. The first-order chi connectivity index (χ1) is 9.85. The van der Waals surface area contributed by atoms with Crippen molar-refractivity contribution in [3.05, 3.63) is 17.9 Å². The van der Waals surface area contributed by atoms with Crippen LogP contribution in [0.25, 0.3) is 0 Å². The summed E-state index contributed by atoms with van der Waals surface area (Å²) < 4.78 is 32.5. The number of hydrogen-bond donors (Lipinski definition) is 2. The average molecular weight is 316 g/mol. The summed E-state index contributed by atoms with van der Waals surface area (Å²) in [5.74, 6) is 1.28. The Bertz CT molecular complexity index is 509. The number of furan rings is 1. The third-order valence-electron chi connectivity index (χ3n) is 3.23. The summed E-state index contributed by atoms with van der Waals surface area (Å²) in [5, 5.41) is 3.09. The van der Waals surface area contributed by atoms with Crippen LogP contribution < -0.4 is 10.0 Å². The Kier molecular flexibility index (Phi) is 7.42. The Morgan fingerprint density at radius 3 is 2.52 bits per heavy atom. The minimum Gasteiger partial charge on any atom is -0.447 e. The van der Waals surface area contributed by atoms with Crippen molar-refractivity contribution in [3.63, 3.8) is 0 Å². The highest BCUT2D eigenvalue weighted by Gasteiger charge is 2.21. The predicted octanol–water partition coefficient (Wildman–Crippen LogP) is 2.88. The van der Waals surface area contributed by atoms with Crippen LogP contribution in [0.3, 0.4) is 0 Å². The van der Waals surface area contributed by atoms with Crippen molar-refractivity contribution < 1.29 is 12.8 Å². The maximum Gasteiger partial charge on any atom is 0.274 e. The molecule has 1 rings (SSSR count). The molecule has 1 atom stereocenters. The lowest BCUT2D eigenvalue weighted by Gasteiger charge is -2.13. The van der Waals surface area contributed by atoms with Gasteiger partial charge in [-0.05, 0) is 37.9 Å². The molecule has 0 radical (unpaired) electrons. The molecule has 6 heteroatoms. The minimum absolute atomic E-state index is 0.00823. The van der Waals surface area contributed by atoms with Gasteiger partial charge in [0.15, 0.2) is 0 Å². The first kappa shape index (κ1) is 18.2. The molecular formula is C15H28N2O3S. The van der Waals surface area contributed by atoms with E-state index in [1.807, 2.05) is 13.8 Å². The largest absolute Gasteiger partial charge is 0.447 e. The topological polar surface area (TPSA) is 71.3 Å². The summed E-state index contributed by atoms with van der Waals surface area (Å²) in [6.07, 6.45) is 2.97. The normalized spacial score (nSPS) is 13.8. The van der Waals surface area contributed by atoms with E-state index >= 15 is 0 Å². The molecular weight excluding hydrogens is 288 g/mol. The van der Waals surface area contributed by atoms with Crippen molar-refractivity contribution in [1.82, 2.24) is 10.0 Å². The van der Waals surface area contributed by atoms with Crippen molar-refractivity contribution >= 4 is 10.0 Å². The fourth-order valence-corrected chi connectivity index (χ4v) is 3.29. The smallest absolute Gasteiger partial charge is 0.274 e. The summed E-state index contributed by atoms with van der Waals surface area (Å²) >= 11 is 0. The lowest BCUT2D eigenvalue weighted by atomic mass is 10.0. The van der Waals surface area contributed by atoms with Crippen LogP contribution in [-0.4, -0.2) is 21.0 Å². The van der Waals surface area contributed by atoms with Crippen LogP contribution in [0.1, 0.15) is 52.7 Å². The van der Waals surface area contributed by atoms with E-state index in [1.54, 1.807) is 6.07 Å². The quantitative estimate of drug-likeness (QED) is 0.696. The van der Waals surface area contributed by atoms with E-state index in [0.29, 0.717) is 18.2 Å². The fourth-order valence-electron chi connectivity index (χ4n) is 2.06. The van der Waals surface area contributed by atoms with Crippen molar-refractivity contribution in [3.8, 4) is 0 Å². The molecule has 0 fully saturated rings. The van der Waals surface area contributed by atoms with Gasteiger partial charge in [-0.1, -0.05) is 33.6 Å². The molecule has 21 heavy (non-hydrogen) atoms. The van der Waals surface area contributed by atoms with Crippen LogP contribution in [0.5, 0.6) is 0 Å². The van der Waals surface area contributed by atoms with Gasteiger partial charge in [0.1, 0.15) is 5.76 Å². The van der Waals surface area contributed by atoms with Crippen molar-refractivity contribution in [2.24, 2.45) is 5.92 Å². The SMILES string of the molecule is CCNCc1ccc(S(=O)(=O)NC(C)CCCC(C)C)o1. The van der Waals surface area contributed by atoms with Crippen molar-refractivity contribution in [1.29, 1.82) is 0 Å². The zero-order chi connectivity index (χ0) is 15.9. The molecule has 0 spiro atoms. The van der Waals surface area contributed by atoms with Gasteiger partial charge in [0.05, 0.1) is 6.54 Å². The second-order valence-corrected chi connectivity index (χ2v) is 7.49. The molecule has 0 aliphatic heterocycles. The zero-order valence-corrected chi connectivity index (χ0v) is 14.3. The fraction of sp³-hybridized carbons (Fsp3) is 0.733. The number of rotatable bonds is 10. The van der Waals surface area contributed by atoms with Crippen LogP contribution in [0, 0.1) is 5.92 Å². The maximum atomic E-state index is 12.2. The average Bonchev–Trinajstić information content (AvgIpc) is 2.84. The Balaban J connectivity index is 2.54. The second kappa shape index (κ2) is 8.56. The second-order valence-electron chi connectivity index (χ2n) is 5.85. The van der Waals surface area contributed by atoms with E-state index < -0.39 is 10.0 Å². The van der Waals surface area contributed by atoms with Gasteiger partial charge in [0.2, 0.25) is 5.09 Å². The molecule has 0 aromatic carbocycles. The Morgan fingerprint density at radius 1 is 1.19 bits per heavy atom. The third kappa shape index (κ3) is 6.63. The molecule has 0 aliphatic rings. The Morgan fingerprint density at radius 2 is 1.90 bits per heavy atom. The van der Waals surface area contributed by atoms with E-state index in [-0.39, 0.29) is 11.1 Å². The van der Waals surface area contributed by atoms with Gasteiger partial charge in [-0.15, -0.1) is 0 Å². The van der Waals surface area contributed by atoms with Gasteiger partial charge in [-0.2, -0.15) is 0 Å². The standard InChI is InChI=1S/C15H28N2O3S/c1-5-16-11-14-9-10-15(20-14)21(18,19)17-13(4)8-6-7-12(2)3/h9-10,12-13,16-17H,5-8,11H2,1-4H3. The van der Waals surface area contributed by atoms with Gasteiger partial charge in [-0.25, -0.2) is 13.1 Å².